The van der Waals surface area contributed by atoms with Gasteiger partial charge in [-0.15, -0.1) is 0 Å². The fourth-order valence-corrected chi connectivity index (χ4v) is 1.12. The first-order valence-electron chi connectivity index (χ1n) is 4.29. The molecule has 0 aromatic carbocycles. The van der Waals surface area contributed by atoms with Crippen molar-refractivity contribution in [1.82, 2.24) is 0 Å². The molecule has 1 atom stereocenters. The number of esters is 2. The van der Waals surface area contributed by atoms with Crippen molar-refractivity contribution in [2.75, 3.05) is 13.2 Å². The molecule has 0 unspecified atom stereocenters. The zero-order valence-electron chi connectivity index (χ0n) is 7.86. The number of carbonyl (C=O) groups is 2. The lowest BCUT2D eigenvalue weighted by molar-refractivity contribution is -0.140. The van der Waals surface area contributed by atoms with E-state index in [1.807, 2.05) is 0 Å². The largest absolute Gasteiger partial charge is 0.509 e. The van der Waals surface area contributed by atoms with Crippen LogP contribution >= 0.6 is 0 Å². The molecule has 0 radical (unpaired) electrons. The number of rotatable bonds is 3. The van der Waals surface area contributed by atoms with Crippen LogP contribution in [0.2, 0.25) is 0 Å². The molecular formula is C9H12O5. The van der Waals surface area contributed by atoms with E-state index in [2.05, 4.69) is 9.47 Å². The summed E-state index contributed by atoms with van der Waals surface area (Å²) >= 11 is 0. The molecule has 5 heteroatoms. The van der Waals surface area contributed by atoms with Crippen LogP contribution in [0.4, 0.5) is 0 Å². The fourth-order valence-electron chi connectivity index (χ4n) is 1.12. The highest BCUT2D eigenvalue weighted by atomic mass is 16.5. The van der Waals surface area contributed by atoms with Gasteiger partial charge in [-0.3, -0.25) is 9.59 Å². The first-order chi connectivity index (χ1) is 6.59. The molecule has 14 heavy (non-hydrogen) atoms. The molecular weight excluding hydrogens is 188 g/mol. The average Bonchev–Trinajstić information content (AvgIpc) is 2.49. The van der Waals surface area contributed by atoms with Crippen LogP contribution < -0.4 is 0 Å². The van der Waals surface area contributed by atoms with Crippen molar-refractivity contribution in [3.63, 3.8) is 0 Å². The monoisotopic (exact) mass is 200 g/mol. The van der Waals surface area contributed by atoms with Gasteiger partial charge < -0.3 is 14.6 Å². The molecule has 5 nitrogen and oxygen atoms in total. The third-order valence-electron chi connectivity index (χ3n) is 1.79. The van der Waals surface area contributed by atoms with Crippen molar-refractivity contribution >= 4 is 11.9 Å². The minimum absolute atomic E-state index is 0.121. The second-order valence-electron chi connectivity index (χ2n) is 3.00. The van der Waals surface area contributed by atoms with E-state index in [9.17, 15) is 14.7 Å². The van der Waals surface area contributed by atoms with Crippen LogP contribution in [-0.4, -0.2) is 30.3 Å². The van der Waals surface area contributed by atoms with E-state index in [0.717, 1.165) is 0 Å². The van der Waals surface area contributed by atoms with Crippen LogP contribution in [0, 0.1) is 5.92 Å². The van der Waals surface area contributed by atoms with Gasteiger partial charge in [0.15, 0.2) is 0 Å². The molecule has 1 aliphatic heterocycles. The minimum atomic E-state index is -0.473. The van der Waals surface area contributed by atoms with Gasteiger partial charge in [-0.25, -0.2) is 0 Å². The van der Waals surface area contributed by atoms with Gasteiger partial charge in [-0.05, 0) is 12.5 Å². The molecule has 1 N–H and O–H groups in total. The lowest BCUT2D eigenvalue weighted by Gasteiger charge is -2.02. The van der Waals surface area contributed by atoms with E-state index in [1.165, 1.54) is 13.0 Å². The molecule has 1 rings (SSSR count). The van der Waals surface area contributed by atoms with E-state index in [-0.39, 0.29) is 18.3 Å². The highest BCUT2D eigenvalue weighted by Gasteiger charge is 2.24. The number of cyclic esters (lactones) is 1. The Morgan fingerprint density at radius 2 is 2.50 bits per heavy atom. The number of ether oxygens (including phenoxy) is 2. The van der Waals surface area contributed by atoms with E-state index >= 15 is 0 Å². The number of hydrogen-bond donors (Lipinski definition) is 1. The molecule has 0 spiro atoms. The third-order valence-corrected chi connectivity index (χ3v) is 1.79. The Balaban J connectivity index is 2.42. The van der Waals surface area contributed by atoms with E-state index in [0.29, 0.717) is 13.0 Å². The smallest absolute Gasteiger partial charge is 0.313 e. The van der Waals surface area contributed by atoms with E-state index in [4.69, 9.17) is 0 Å². The SMILES string of the molecule is CC(=O)OCC(O)=C[C@@H]1CCOC1=O. The van der Waals surface area contributed by atoms with Gasteiger partial charge >= 0.3 is 11.9 Å². The molecule has 0 amide bonds. The molecule has 1 saturated heterocycles. The topological polar surface area (TPSA) is 72.8 Å². The highest BCUT2D eigenvalue weighted by Crippen LogP contribution is 2.16. The van der Waals surface area contributed by atoms with Crippen LogP contribution in [0.3, 0.4) is 0 Å². The lowest BCUT2D eigenvalue weighted by atomic mass is 10.1. The average molecular weight is 200 g/mol. The molecule has 78 valence electrons. The van der Waals surface area contributed by atoms with Crippen molar-refractivity contribution < 1.29 is 24.2 Å². The van der Waals surface area contributed by atoms with Crippen molar-refractivity contribution in [2.45, 2.75) is 13.3 Å². The summed E-state index contributed by atoms with van der Waals surface area (Å²) in [4.78, 5) is 21.4. The summed E-state index contributed by atoms with van der Waals surface area (Å²) in [5, 5.41) is 9.25. The number of carbonyl (C=O) groups excluding carboxylic acids is 2. The van der Waals surface area contributed by atoms with Gasteiger partial charge in [0.2, 0.25) is 0 Å². The maximum absolute atomic E-state index is 11.0. The van der Waals surface area contributed by atoms with Gasteiger partial charge in [-0.1, -0.05) is 0 Å². The predicted octanol–water partition coefficient (Wildman–Crippen LogP) is 0.554. The van der Waals surface area contributed by atoms with Crippen molar-refractivity contribution in [1.29, 1.82) is 0 Å². The molecule has 0 saturated carbocycles. The Labute approximate surface area is 81.3 Å². The normalized spacial score (nSPS) is 21.9. The molecule has 0 aromatic heterocycles. The molecule has 0 aliphatic carbocycles. The minimum Gasteiger partial charge on any atom is -0.509 e. The van der Waals surface area contributed by atoms with Crippen LogP contribution in [0.5, 0.6) is 0 Å². The summed E-state index contributed by atoms with van der Waals surface area (Å²) < 4.78 is 9.23. The van der Waals surface area contributed by atoms with Gasteiger partial charge in [0, 0.05) is 6.92 Å². The predicted molar refractivity (Wildman–Crippen MR) is 46.4 cm³/mol. The summed E-state index contributed by atoms with van der Waals surface area (Å²) in [6.07, 6.45) is 1.92. The summed E-state index contributed by atoms with van der Waals surface area (Å²) in [7, 11) is 0. The number of aliphatic hydroxyl groups excluding tert-OH is 1. The Morgan fingerprint density at radius 1 is 1.79 bits per heavy atom. The molecule has 1 fully saturated rings. The lowest BCUT2D eigenvalue weighted by Crippen LogP contribution is -2.08. The van der Waals surface area contributed by atoms with Gasteiger partial charge in [0.25, 0.3) is 0 Å². The van der Waals surface area contributed by atoms with Crippen LogP contribution in [0.25, 0.3) is 0 Å². The Kier molecular flexibility index (Phi) is 3.50. The van der Waals surface area contributed by atoms with Crippen molar-refractivity contribution in [2.24, 2.45) is 5.92 Å². The zero-order chi connectivity index (χ0) is 10.6. The Bertz CT molecular complexity index is 268. The zero-order valence-corrected chi connectivity index (χ0v) is 7.86. The Hall–Kier alpha value is -1.52. The molecule has 0 aromatic rings. The quantitative estimate of drug-likeness (QED) is 0.532. The first-order valence-corrected chi connectivity index (χ1v) is 4.29. The summed E-state index contributed by atoms with van der Waals surface area (Å²) in [5.74, 6) is -1.35. The van der Waals surface area contributed by atoms with Gasteiger partial charge in [0.05, 0.1) is 12.5 Å². The summed E-state index contributed by atoms with van der Waals surface area (Å²) in [5.41, 5.74) is 0. The summed E-state index contributed by atoms with van der Waals surface area (Å²) in [6, 6.07) is 0. The Morgan fingerprint density at radius 3 is 3.00 bits per heavy atom. The van der Waals surface area contributed by atoms with Crippen LogP contribution in [0.15, 0.2) is 11.8 Å². The standard InChI is InChI=1S/C9H12O5/c1-6(10)14-5-8(11)4-7-2-3-13-9(7)12/h4,7,11H,2-3,5H2,1H3/t7-/m0/s1. The van der Waals surface area contributed by atoms with E-state index < -0.39 is 11.9 Å². The third kappa shape index (κ3) is 3.08. The number of aliphatic hydroxyl groups is 1. The van der Waals surface area contributed by atoms with Crippen molar-refractivity contribution in [3.05, 3.63) is 11.8 Å². The maximum atomic E-state index is 11.0. The molecule has 1 aliphatic rings. The highest BCUT2D eigenvalue weighted by molar-refractivity contribution is 5.76. The summed E-state index contributed by atoms with van der Waals surface area (Å²) in [6.45, 7) is 1.43. The first kappa shape index (κ1) is 10.6. The fraction of sp³-hybridized carbons (Fsp3) is 0.556. The second kappa shape index (κ2) is 4.64. The molecule has 0 bridgehead atoms. The second-order valence-corrected chi connectivity index (χ2v) is 3.00. The van der Waals surface area contributed by atoms with Crippen LogP contribution in [0.1, 0.15) is 13.3 Å². The van der Waals surface area contributed by atoms with Crippen LogP contribution in [-0.2, 0) is 19.1 Å². The van der Waals surface area contributed by atoms with Gasteiger partial charge in [-0.2, -0.15) is 0 Å². The maximum Gasteiger partial charge on any atom is 0.313 e. The van der Waals surface area contributed by atoms with Crippen molar-refractivity contribution in [3.8, 4) is 0 Å². The molecule has 1 heterocycles. The number of hydrogen-bond acceptors (Lipinski definition) is 5. The van der Waals surface area contributed by atoms with Gasteiger partial charge in [0.1, 0.15) is 12.4 Å². The van der Waals surface area contributed by atoms with E-state index in [1.54, 1.807) is 0 Å².